The van der Waals surface area contributed by atoms with Gasteiger partial charge in [-0.3, -0.25) is 14.4 Å². The summed E-state index contributed by atoms with van der Waals surface area (Å²) in [5.41, 5.74) is 3.53. The van der Waals surface area contributed by atoms with Gasteiger partial charge in [0.1, 0.15) is 5.75 Å². The van der Waals surface area contributed by atoms with Crippen LogP contribution < -0.4 is 20.3 Å². The van der Waals surface area contributed by atoms with E-state index >= 15 is 0 Å². The van der Waals surface area contributed by atoms with Gasteiger partial charge in [-0.15, -0.1) is 0 Å². The molecule has 1 aliphatic rings. The third-order valence-electron chi connectivity index (χ3n) is 5.87. The summed E-state index contributed by atoms with van der Waals surface area (Å²) in [4.78, 5) is 38.9. The van der Waals surface area contributed by atoms with Crippen LogP contribution in [-0.4, -0.2) is 51.1 Å². The second-order valence-electron chi connectivity index (χ2n) is 8.48. The third kappa shape index (κ3) is 7.29. The van der Waals surface area contributed by atoms with Crippen LogP contribution in [0.15, 0.2) is 40.9 Å². The Morgan fingerprint density at radius 3 is 2.63 bits per heavy atom. The van der Waals surface area contributed by atoms with Crippen LogP contribution in [0, 0.1) is 12.8 Å². The molecule has 2 aromatic carbocycles. The lowest BCUT2D eigenvalue weighted by Crippen LogP contribution is -2.33. The highest BCUT2D eigenvalue weighted by molar-refractivity contribution is 9.10. The summed E-state index contributed by atoms with van der Waals surface area (Å²) in [5, 5.41) is 5.80. The summed E-state index contributed by atoms with van der Waals surface area (Å²) < 4.78 is 11.6. The summed E-state index contributed by atoms with van der Waals surface area (Å²) in [6.07, 6.45) is 1.71. The van der Waals surface area contributed by atoms with E-state index in [9.17, 15) is 14.4 Å². The molecule has 1 saturated heterocycles. The molecule has 0 spiro atoms. The molecule has 1 fully saturated rings. The standard InChI is InChI=1S/C26H32BrN3O5/c1-4-18-13-20(27)12-17(2)25(18)29-23(31)16-35-22-8-6-21(7-9-22)30-15-19(14-24(30)32)26(33)28-10-5-11-34-3/h6-9,12-13,19H,4-5,10-11,14-16H2,1-3H3,(H,28,33)(H,29,31)/t19-/m0/s1. The zero-order chi connectivity index (χ0) is 25.4. The van der Waals surface area contributed by atoms with Crippen molar-refractivity contribution in [2.45, 2.75) is 33.1 Å². The number of nitrogens with one attached hydrogen (secondary N) is 2. The van der Waals surface area contributed by atoms with E-state index in [2.05, 4.69) is 26.6 Å². The molecule has 0 aromatic heterocycles. The zero-order valence-electron chi connectivity index (χ0n) is 20.4. The minimum Gasteiger partial charge on any atom is -0.484 e. The number of ether oxygens (including phenoxy) is 2. The van der Waals surface area contributed by atoms with Gasteiger partial charge in [0.25, 0.3) is 5.91 Å². The van der Waals surface area contributed by atoms with Crippen LogP contribution in [0.4, 0.5) is 11.4 Å². The molecule has 1 heterocycles. The van der Waals surface area contributed by atoms with E-state index in [1.165, 1.54) is 0 Å². The first-order chi connectivity index (χ1) is 16.8. The van der Waals surface area contributed by atoms with Crippen LogP contribution in [0.5, 0.6) is 5.75 Å². The maximum Gasteiger partial charge on any atom is 0.262 e. The van der Waals surface area contributed by atoms with Crippen molar-refractivity contribution < 1.29 is 23.9 Å². The number of rotatable bonds is 11. The minimum absolute atomic E-state index is 0.0910. The summed E-state index contributed by atoms with van der Waals surface area (Å²) in [6, 6.07) is 10.9. The highest BCUT2D eigenvalue weighted by Crippen LogP contribution is 2.28. The number of methoxy groups -OCH3 is 1. The predicted molar refractivity (Wildman–Crippen MR) is 139 cm³/mol. The smallest absolute Gasteiger partial charge is 0.262 e. The molecule has 1 aliphatic heterocycles. The number of halogens is 1. The quantitative estimate of drug-likeness (QED) is 0.418. The molecule has 0 radical (unpaired) electrons. The topological polar surface area (TPSA) is 97.0 Å². The van der Waals surface area contributed by atoms with Crippen LogP contribution in [0.25, 0.3) is 0 Å². The van der Waals surface area contributed by atoms with Crippen LogP contribution in [0.3, 0.4) is 0 Å². The lowest BCUT2D eigenvalue weighted by Gasteiger charge is -2.17. The van der Waals surface area contributed by atoms with Gasteiger partial charge in [-0.2, -0.15) is 0 Å². The van der Waals surface area contributed by atoms with Crippen molar-refractivity contribution in [3.63, 3.8) is 0 Å². The average molecular weight is 546 g/mol. The average Bonchev–Trinajstić information content (AvgIpc) is 3.24. The molecule has 9 heteroatoms. The number of nitrogens with zero attached hydrogens (tertiary/aromatic N) is 1. The molecule has 0 unspecified atom stereocenters. The second kappa shape index (κ2) is 12.7. The minimum atomic E-state index is -0.375. The Kier molecular flexibility index (Phi) is 9.68. The van der Waals surface area contributed by atoms with Gasteiger partial charge >= 0.3 is 0 Å². The highest BCUT2D eigenvalue weighted by atomic mass is 79.9. The fraction of sp³-hybridized carbons (Fsp3) is 0.423. The Balaban J connectivity index is 1.52. The van der Waals surface area contributed by atoms with Crippen LogP contribution in [0.1, 0.15) is 30.9 Å². The third-order valence-corrected chi connectivity index (χ3v) is 6.32. The SMILES string of the molecule is CCc1cc(Br)cc(C)c1NC(=O)COc1ccc(N2C[C@@H](C(=O)NCCCOC)CC2=O)cc1. The van der Waals surface area contributed by atoms with E-state index in [4.69, 9.17) is 9.47 Å². The molecule has 35 heavy (non-hydrogen) atoms. The first-order valence-electron chi connectivity index (χ1n) is 11.7. The number of amides is 3. The van der Waals surface area contributed by atoms with Gasteiger partial charge in [0.05, 0.1) is 5.92 Å². The Morgan fingerprint density at radius 2 is 1.94 bits per heavy atom. The van der Waals surface area contributed by atoms with E-state index in [0.717, 1.165) is 34.1 Å². The molecular formula is C26H32BrN3O5. The van der Waals surface area contributed by atoms with Crippen LogP contribution in [0.2, 0.25) is 0 Å². The molecule has 2 N–H and O–H groups in total. The van der Waals surface area contributed by atoms with Crippen molar-refractivity contribution in [3.05, 3.63) is 52.0 Å². The molecular weight excluding hydrogens is 514 g/mol. The molecule has 1 atom stereocenters. The van der Waals surface area contributed by atoms with Gasteiger partial charge in [0, 0.05) is 49.1 Å². The zero-order valence-corrected chi connectivity index (χ0v) is 21.9. The molecule has 3 rings (SSSR count). The van der Waals surface area contributed by atoms with Gasteiger partial charge in [-0.25, -0.2) is 0 Å². The summed E-state index contributed by atoms with van der Waals surface area (Å²) in [5.74, 6) is -0.309. The van der Waals surface area contributed by atoms with Gasteiger partial charge in [0.2, 0.25) is 11.8 Å². The van der Waals surface area contributed by atoms with Gasteiger partial charge in [-0.1, -0.05) is 22.9 Å². The van der Waals surface area contributed by atoms with E-state index < -0.39 is 0 Å². The Morgan fingerprint density at radius 1 is 1.20 bits per heavy atom. The lowest BCUT2D eigenvalue weighted by atomic mass is 10.1. The first-order valence-corrected chi connectivity index (χ1v) is 12.5. The number of carbonyl (C=O) groups excluding carboxylic acids is 3. The van der Waals surface area contributed by atoms with Gasteiger partial charge in [0.15, 0.2) is 6.61 Å². The van der Waals surface area contributed by atoms with Crippen LogP contribution >= 0.6 is 15.9 Å². The molecule has 0 bridgehead atoms. The fourth-order valence-corrected chi connectivity index (χ4v) is 4.64. The van der Waals surface area contributed by atoms with Crippen molar-refractivity contribution in [1.82, 2.24) is 5.32 Å². The maximum absolute atomic E-state index is 12.5. The Labute approximate surface area is 214 Å². The summed E-state index contributed by atoms with van der Waals surface area (Å²) >= 11 is 3.49. The largest absolute Gasteiger partial charge is 0.484 e. The number of carbonyl (C=O) groups is 3. The van der Waals surface area contributed by atoms with Crippen molar-refractivity contribution >= 4 is 45.0 Å². The van der Waals surface area contributed by atoms with Crippen molar-refractivity contribution in [3.8, 4) is 5.75 Å². The number of aryl methyl sites for hydroxylation is 2. The van der Waals surface area contributed by atoms with E-state index in [0.29, 0.717) is 31.1 Å². The highest BCUT2D eigenvalue weighted by Gasteiger charge is 2.34. The maximum atomic E-state index is 12.5. The molecule has 3 amide bonds. The van der Waals surface area contributed by atoms with E-state index in [1.807, 2.05) is 26.0 Å². The number of anilines is 2. The molecule has 0 aliphatic carbocycles. The summed E-state index contributed by atoms with van der Waals surface area (Å²) in [7, 11) is 1.62. The number of hydrogen-bond donors (Lipinski definition) is 2. The monoisotopic (exact) mass is 545 g/mol. The van der Waals surface area contributed by atoms with Crippen LogP contribution in [-0.2, 0) is 25.5 Å². The molecule has 8 nitrogen and oxygen atoms in total. The van der Waals surface area contributed by atoms with E-state index in [-0.39, 0.29) is 36.7 Å². The fourth-order valence-electron chi connectivity index (χ4n) is 4.02. The van der Waals surface area contributed by atoms with Crippen molar-refractivity contribution in [2.24, 2.45) is 5.92 Å². The normalized spacial score (nSPS) is 15.3. The van der Waals surface area contributed by atoms with E-state index in [1.54, 1.807) is 36.3 Å². The number of hydrogen-bond acceptors (Lipinski definition) is 5. The predicted octanol–water partition coefficient (Wildman–Crippen LogP) is 3.84. The van der Waals surface area contributed by atoms with Gasteiger partial charge < -0.3 is 25.0 Å². The Hall–Kier alpha value is -2.91. The number of benzene rings is 2. The molecule has 0 saturated carbocycles. The lowest BCUT2D eigenvalue weighted by molar-refractivity contribution is -0.126. The Bertz CT molecular complexity index is 1060. The van der Waals surface area contributed by atoms with Gasteiger partial charge in [-0.05, 0) is 67.3 Å². The van der Waals surface area contributed by atoms with Crippen molar-refractivity contribution in [1.29, 1.82) is 0 Å². The molecule has 188 valence electrons. The first kappa shape index (κ1) is 26.7. The van der Waals surface area contributed by atoms with Crippen molar-refractivity contribution in [2.75, 3.05) is 43.6 Å². The second-order valence-corrected chi connectivity index (χ2v) is 9.40. The molecule has 2 aromatic rings. The summed E-state index contributed by atoms with van der Waals surface area (Å²) in [6.45, 7) is 5.30.